The van der Waals surface area contributed by atoms with Gasteiger partial charge in [-0.15, -0.1) is 11.3 Å². The molecule has 1 saturated heterocycles. The molecule has 6 nitrogen and oxygen atoms in total. The number of aromatic nitrogens is 2. The first kappa shape index (κ1) is 13.8. The number of thiophene rings is 1. The van der Waals surface area contributed by atoms with Gasteiger partial charge in [0, 0.05) is 35.4 Å². The third-order valence-electron chi connectivity index (χ3n) is 5.87. The van der Waals surface area contributed by atoms with Crippen LogP contribution in [0.5, 0.6) is 5.88 Å². The molecule has 1 N–H and O–H groups in total. The van der Waals surface area contributed by atoms with E-state index >= 15 is 0 Å². The second-order valence-electron chi connectivity index (χ2n) is 7.41. The van der Waals surface area contributed by atoms with Crippen LogP contribution in [0, 0.1) is 0 Å². The summed E-state index contributed by atoms with van der Waals surface area (Å²) in [5, 5.41) is 10.5. The molecule has 2 fully saturated rings. The van der Waals surface area contributed by atoms with Crippen LogP contribution in [0.15, 0.2) is 6.33 Å². The lowest BCUT2D eigenvalue weighted by Gasteiger charge is -2.38. The molecule has 1 saturated carbocycles. The van der Waals surface area contributed by atoms with Crippen LogP contribution in [0.2, 0.25) is 0 Å². The molecule has 0 bridgehead atoms. The molecule has 7 heteroatoms. The second-order valence-corrected chi connectivity index (χ2v) is 8.40. The van der Waals surface area contributed by atoms with Crippen LogP contribution in [-0.4, -0.2) is 65.0 Å². The van der Waals surface area contributed by atoms with Gasteiger partial charge in [-0.3, -0.25) is 4.90 Å². The first-order chi connectivity index (χ1) is 14.8. The summed E-state index contributed by atoms with van der Waals surface area (Å²) in [6.45, 7) is 3.08. The molecule has 2 aliphatic carbocycles. The van der Waals surface area contributed by atoms with Gasteiger partial charge in [-0.2, -0.15) is 0 Å². The highest BCUT2D eigenvalue weighted by Crippen LogP contribution is 2.46. The van der Waals surface area contributed by atoms with Crippen LogP contribution in [0.4, 0.5) is 0 Å². The maximum atomic E-state index is 9.93. The first-order valence-corrected chi connectivity index (χ1v) is 10.5. The lowest BCUT2D eigenvalue weighted by atomic mass is 9.91. The SMILES string of the molecule is [2H]C1([2H])c2sc3ncnc(O[C@H]4CC[C@H](N5CCOCC5)CC4)c3c2[C@@H](CO)C1([2H])[2H]. The zero-order valence-corrected chi connectivity index (χ0v) is 16.0. The van der Waals surface area contributed by atoms with E-state index in [1.165, 1.54) is 6.33 Å². The van der Waals surface area contributed by atoms with Gasteiger partial charge in [0.15, 0.2) is 0 Å². The smallest absolute Gasteiger partial charge is 0.225 e. The van der Waals surface area contributed by atoms with Gasteiger partial charge >= 0.3 is 0 Å². The molecular formula is C20H27N3O3S. The predicted molar refractivity (Wildman–Crippen MR) is 105 cm³/mol. The molecule has 3 aliphatic rings. The molecule has 146 valence electrons. The first-order valence-electron chi connectivity index (χ1n) is 11.7. The number of ether oxygens (including phenoxy) is 2. The van der Waals surface area contributed by atoms with E-state index < -0.39 is 25.3 Å². The van der Waals surface area contributed by atoms with Crippen molar-refractivity contribution in [3.8, 4) is 5.88 Å². The number of aliphatic hydroxyl groups excluding tert-OH is 1. The summed E-state index contributed by atoms with van der Waals surface area (Å²) < 4.78 is 45.1. The summed E-state index contributed by atoms with van der Waals surface area (Å²) in [7, 11) is 0. The van der Waals surface area contributed by atoms with E-state index in [9.17, 15) is 5.11 Å². The van der Waals surface area contributed by atoms with Crippen LogP contribution in [0.1, 0.15) is 53.9 Å². The van der Waals surface area contributed by atoms with Crippen molar-refractivity contribution in [3.63, 3.8) is 0 Å². The Morgan fingerprint density at radius 3 is 2.85 bits per heavy atom. The minimum absolute atomic E-state index is 0.00782. The summed E-state index contributed by atoms with van der Waals surface area (Å²) >= 11 is 1.13. The van der Waals surface area contributed by atoms with Crippen molar-refractivity contribution in [2.45, 2.75) is 56.5 Å². The van der Waals surface area contributed by atoms with E-state index in [0.717, 1.165) is 63.3 Å². The van der Waals surface area contributed by atoms with Crippen molar-refractivity contribution in [3.05, 3.63) is 16.8 Å². The standard InChI is InChI=1S/C20H27N3O3S/c24-11-13-1-6-16-17(13)18-19(21-12-22-20(18)27-16)26-15-4-2-14(3-5-15)23-7-9-25-10-8-23/h12-15,24H,1-11H2/t13-,14-,15-/m1/s1/i1D2,6D2. The van der Waals surface area contributed by atoms with Crippen LogP contribution in [0.25, 0.3) is 10.2 Å². The van der Waals surface area contributed by atoms with Crippen molar-refractivity contribution in [2.75, 3.05) is 32.9 Å². The van der Waals surface area contributed by atoms with Crippen molar-refractivity contribution in [1.29, 1.82) is 0 Å². The molecule has 0 amide bonds. The Kier molecular flexibility index (Phi) is 3.90. The second kappa shape index (κ2) is 7.62. The van der Waals surface area contributed by atoms with Crippen LogP contribution >= 0.6 is 11.3 Å². The molecule has 0 spiro atoms. The average molecular weight is 394 g/mol. The van der Waals surface area contributed by atoms with Crippen LogP contribution < -0.4 is 4.74 Å². The number of fused-ring (bicyclic) bond motifs is 3. The van der Waals surface area contributed by atoms with E-state index in [4.69, 9.17) is 15.0 Å². The maximum Gasteiger partial charge on any atom is 0.225 e. The maximum absolute atomic E-state index is 9.93. The number of aliphatic hydroxyl groups is 1. The summed E-state index contributed by atoms with van der Waals surface area (Å²) in [6, 6.07) is 0.554. The number of hydrogen-bond acceptors (Lipinski definition) is 7. The topological polar surface area (TPSA) is 67.7 Å². The molecule has 1 atom stereocenters. The minimum Gasteiger partial charge on any atom is -0.474 e. The van der Waals surface area contributed by atoms with Crippen molar-refractivity contribution in [1.82, 2.24) is 14.9 Å². The lowest BCUT2D eigenvalue weighted by Crippen LogP contribution is -2.46. The fraction of sp³-hybridized carbons (Fsp3) is 0.700. The number of aryl methyl sites for hydroxylation is 1. The van der Waals surface area contributed by atoms with E-state index in [2.05, 4.69) is 14.9 Å². The molecule has 2 aromatic heterocycles. The zero-order valence-electron chi connectivity index (χ0n) is 19.2. The molecule has 1 aliphatic heterocycles. The Labute approximate surface area is 169 Å². The van der Waals surface area contributed by atoms with Gasteiger partial charge in [0.25, 0.3) is 0 Å². The molecule has 27 heavy (non-hydrogen) atoms. The van der Waals surface area contributed by atoms with Crippen molar-refractivity contribution in [2.24, 2.45) is 0 Å². The van der Waals surface area contributed by atoms with E-state index in [1.54, 1.807) is 0 Å². The van der Waals surface area contributed by atoms with Gasteiger partial charge < -0.3 is 14.6 Å². The number of hydrogen-bond donors (Lipinski definition) is 1. The Bertz CT molecular complexity index is 959. The normalized spacial score (nSPS) is 35.1. The highest BCUT2D eigenvalue weighted by Gasteiger charge is 2.32. The quantitative estimate of drug-likeness (QED) is 0.862. The van der Waals surface area contributed by atoms with Gasteiger partial charge in [0.2, 0.25) is 5.88 Å². The number of rotatable bonds is 4. The van der Waals surface area contributed by atoms with Crippen LogP contribution in [0.3, 0.4) is 0 Å². The molecule has 0 radical (unpaired) electrons. The minimum atomic E-state index is -2.21. The van der Waals surface area contributed by atoms with E-state index in [1.807, 2.05) is 0 Å². The summed E-state index contributed by atoms with van der Waals surface area (Å²) in [6.07, 6.45) is 0.926. The lowest BCUT2D eigenvalue weighted by molar-refractivity contribution is -0.00126. The Morgan fingerprint density at radius 1 is 1.26 bits per heavy atom. The fourth-order valence-electron chi connectivity index (χ4n) is 4.43. The van der Waals surface area contributed by atoms with E-state index in [-0.39, 0.29) is 11.0 Å². The predicted octanol–water partition coefficient (Wildman–Crippen LogP) is 2.74. The van der Waals surface area contributed by atoms with Gasteiger partial charge in [-0.05, 0) is 44.0 Å². The Morgan fingerprint density at radius 2 is 2.07 bits per heavy atom. The molecular weight excluding hydrogens is 362 g/mol. The molecule has 0 unspecified atom stereocenters. The van der Waals surface area contributed by atoms with Crippen molar-refractivity contribution >= 4 is 21.6 Å². The Balaban J connectivity index is 1.40. The fourth-order valence-corrected chi connectivity index (χ4v) is 5.49. The highest BCUT2D eigenvalue weighted by atomic mass is 32.1. The van der Waals surface area contributed by atoms with E-state index in [0.29, 0.717) is 27.7 Å². The summed E-state index contributed by atoms with van der Waals surface area (Å²) in [5.74, 6) is -0.596. The number of nitrogens with zero attached hydrogens (tertiary/aromatic N) is 3. The van der Waals surface area contributed by atoms with Crippen LogP contribution in [-0.2, 0) is 11.1 Å². The monoisotopic (exact) mass is 393 g/mol. The van der Waals surface area contributed by atoms with Gasteiger partial charge in [-0.1, -0.05) is 0 Å². The van der Waals surface area contributed by atoms with Gasteiger partial charge in [0.05, 0.1) is 25.2 Å². The van der Waals surface area contributed by atoms with Gasteiger partial charge in [-0.25, -0.2) is 9.97 Å². The highest BCUT2D eigenvalue weighted by molar-refractivity contribution is 7.19. The third kappa shape index (κ3) is 3.35. The molecule has 0 aromatic carbocycles. The summed E-state index contributed by atoms with van der Waals surface area (Å²) in [4.78, 5) is 12.0. The third-order valence-corrected chi connectivity index (χ3v) is 6.89. The zero-order chi connectivity index (χ0) is 21.8. The molecule has 3 heterocycles. The summed E-state index contributed by atoms with van der Waals surface area (Å²) in [5.41, 5.74) is 0.468. The van der Waals surface area contributed by atoms with Crippen molar-refractivity contribution < 1.29 is 20.1 Å². The Hall–Kier alpha value is -1.28. The molecule has 5 rings (SSSR count). The average Bonchev–Trinajstić information content (AvgIpc) is 3.22. The molecule has 2 aromatic rings. The van der Waals surface area contributed by atoms with Gasteiger partial charge in [0.1, 0.15) is 17.3 Å². The largest absolute Gasteiger partial charge is 0.474 e. The number of morpholine rings is 1.